The van der Waals surface area contributed by atoms with Crippen molar-refractivity contribution in [1.29, 1.82) is 5.26 Å². The van der Waals surface area contributed by atoms with E-state index in [1.54, 1.807) is 11.1 Å². The van der Waals surface area contributed by atoms with Gasteiger partial charge >= 0.3 is 0 Å². The quantitative estimate of drug-likeness (QED) is 0.666. The Hall–Kier alpha value is -2.40. The molecule has 0 aromatic heterocycles. The number of likely N-dealkylation sites (tertiary alicyclic amines) is 1. The first-order chi connectivity index (χ1) is 12.1. The van der Waals surface area contributed by atoms with Crippen molar-refractivity contribution in [2.45, 2.75) is 38.6 Å². The first-order valence-electron chi connectivity index (χ1n) is 8.72. The molecule has 136 valence electrons. The highest BCUT2D eigenvalue weighted by Gasteiger charge is 2.34. The lowest BCUT2D eigenvalue weighted by Gasteiger charge is -2.25. The molecule has 2 fully saturated rings. The highest BCUT2D eigenvalue weighted by Crippen LogP contribution is 2.19. The fourth-order valence-electron chi connectivity index (χ4n) is 3.23. The summed E-state index contributed by atoms with van der Waals surface area (Å²) in [6.07, 6.45) is 6.23. The second kappa shape index (κ2) is 9.18. The molecule has 2 N–H and O–H groups in total. The zero-order valence-corrected chi connectivity index (χ0v) is 14.7. The molecule has 0 radical (unpaired) electrons. The van der Waals surface area contributed by atoms with E-state index < -0.39 is 11.9 Å². The number of rotatable bonds is 7. The number of nitrogens with two attached hydrogens (primary N) is 1. The number of primary amides is 1. The summed E-state index contributed by atoms with van der Waals surface area (Å²) in [7, 11) is 0. The van der Waals surface area contributed by atoms with Crippen molar-refractivity contribution < 1.29 is 9.59 Å². The Kier molecular flexibility index (Phi) is 6.95. The van der Waals surface area contributed by atoms with Crippen LogP contribution in [0.4, 0.5) is 0 Å². The first-order valence-corrected chi connectivity index (χ1v) is 8.72. The summed E-state index contributed by atoms with van der Waals surface area (Å²) in [6.45, 7) is 5.06. The second-order valence-corrected chi connectivity index (χ2v) is 6.25. The third kappa shape index (κ3) is 5.03. The number of nitriles is 1. The van der Waals surface area contributed by atoms with Crippen LogP contribution in [0.25, 0.3) is 0 Å². The van der Waals surface area contributed by atoms with Crippen molar-refractivity contribution >= 4 is 18.0 Å². The van der Waals surface area contributed by atoms with Crippen LogP contribution in [0.1, 0.15) is 32.6 Å². The lowest BCUT2D eigenvalue weighted by atomic mass is 10.2. The molecule has 2 aliphatic heterocycles. The third-order valence-corrected chi connectivity index (χ3v) is 4.43. The first kappa shape index (κ1) is 18.9. The van der Waals surface area contributed by atoms with Crippen molar-refractivity contribution in [3.05, 3.63) is 11.9 Å². The Morgan fingerprint density at radius 2 is 2.16 bits per heavy atom. The van der Waals surface area contributed by atoms with Crippen LogP contribution in [-0.4, -0.2) is 71.6 Å². The summed E-state index contributed by atoms with van der Waals surface area (Å²) >= 11 is 0. The van der Waals surface area contributed by atoms with Gasteiger partial charge in [0.25, 0.3) is 0 Å². The molecule has 2 amide bonds. The molecule has 0 bridgehead atoms. The van der Waals surface area contributed by atoms with E-state index in [4.69, 9.17) is 11.0 Å². The Morgan fingerprint density at radius 3 is 2.84 bits per heavy atom. The standard InChI is InChI=1S/C17H26N6O2/c1-2-5-15(20-8-4-7-18)22-11-10-21(13-22)12-16(24)23-9-3-6-14(23)17(19)25/h5,8,14H,2-4,6,9-13H2,1H3,(H2,19,25)/b15-5+,20-8-. The molecule has 2 aliphatic rings. The number of aliphatic imine (C=N–C) groups is 1. The number of allylic oxidation sites excluding steroid dienone is 1. The number of carbonyl (C=O) groups excluding carboxylic acids is 2. The van der Waals surface area contributed by atoms with E-state index in [0.717, 1.165) is 31.8 Å². The molecule has 0 saturated carbocycles. The Labute approximate surface area is 148 Å². The summed E-state index contributed by atoms with van der Waals surface area (Å²) in [5.41, 5.74) is 5.39. The van der Waals surface area contributed by atoms with Crippen LogP contribution >= 0.6 is 0 Å². The van der Waals surface area contributed by atoms with E-state index in [0.29, 0.717) is 19.6 Å². The minimum absolute atomic E-state index is 0.0443. The summed E-state index contributed by atoms with van der Waals surface area (Å²) in [4.78, 5) is 34.1. The number of carbonyl (C=O) groups is 2. The van der Waals surface area contributed by atoms with E-state index in [2.05, 4.69) is 9.89 Å². The summed E-state index contributed by atoms with van der Waals surface area (Å²) < 4.78 is 0. The van der Waals surface area contributed by atoms with E-state index in [9.17, 15) is 9.59 Å². The van der Waals surface area contributed by atoms with Crippen LogP contribution in [-0.2, 0) is 9.59 Å². The van der Waals surface area contributed by atoms with Gasteiger partial charge in [-0.25, -0.2) is 4.99 Å². The largest absolute Gasteiger partial charge is 0.368 e. The van der Waals surface area contributed by atoms with E-state index in [1.165, 1.54) is 0 Å². The number of amides is 2. The zero-order chi connectivity index (χ0) is 18.2. The molecule has 0 aliphatic carbocycles. The van der Waals surface area contributed by atoms with Gasteiger partial charge in [-0.05, 0) is 25.3 Å². The van der Waals surface area contributed by atoms with Crippen LogP contribution < -0.4 is 5.73 Å². The van der Waals surface area contributed by atoms with Crippen LogP contribution in [0, 0.1) is 11.3 Å². The predicted molar refractivity (Wildman–Crippen MR) is 94.2 cm³/mol. The molecule has 1 unspecified atom stereocenters. The lowest BCUT2D eigenvalue weighted by molar-refractivity contribution is -0.138. The van der Waals surface area contributed by atoms with Crippen LogP contribution in [0.3, 0.4) is 0 Å². The molecule has 0 spiro atoms. The topological polar surface area (TPSA) is 106 Å². The monoisotopic (exact) mass is 346 g/mol. The SMILES string of the molecule is CC/C=C(\N=C/CC#N)N1CCN(CC(=O)N2CCCC2C(N)=O)C1. The normalized spacial score (nSPS) is 21.9. The number of nitrogens with zero attached hydrogens (tertiary/aromatic N) is 5. The van der Waals surface area contributed by atoms with Gasteiger partial charge in [0.2, 0.25) is 11.8 Å². The summed E-state index contributed by atoms with van der Waals surface area (Å²) in [5, 5.41) is 8.62. The predicted octanol–water partition coefficient (Wildman–Crippen LogP) is 0.274. The van der Waals surface area contributed by atoms with Gasteiger partial charge in [0.05, 0.1) is 25.7 Å². The van der Waals surface area contributed by atoms with Crippen molar-refractivity contribution in [1.82, 2.24) is 14.7 Å². The minimum atomic E-state index is -0.461. The molecule has 2 rings (SSSR count). The molecule has 8 nitrogen and oxygen atoms in total. The fourth-order valence-corrected chi connectivity index (χ4v) is 3.23. The Balaban J connectivity index is 1.91. The third-order valence-electron chi connectivity index (χ3n) is 4.43. The maximum atomic E-state index is 12.5. The minimum Gasteiger partial charge on any atom is -0.368 e. The number of hydrogen-bond acceptors (Lipinski definition) is 6. The molecule has 0 aromatic carbocycles. The molecule has 2 saturated heterocycles. The van der Waals surface area contributed by atoms with E-state index >= 15 is 0 Å². The lowest BCUT2D eigenvalue weighted by Crippen LogP contribution is -2.47. The maximum absolute atomic E-state index is 12.5. The summed E-state index contributed by atoms with van der Waals surface area (Å²) in [5.74, 6) is 0.370. The highest BCUT2D eigenvalue weighted by molar-refractivity contribution is 5.88. The average Bonchev–Trinajstić information content (AvgIpc) is 3.23. The van der Waals surface area contributed by atoms with Crippen molar-refractivity contribution in [2.24, 2.45) is 10.7 Å². The van der Waals surface area contributed by atoms with Gasteiger partial charge in [0, 0.05) is 25.8 Å². The van der Waals surface area contributed by atoms with Gasteiger partial charge in [-0.15, -0.1) is 0 Å². The van der Waals surface area contributed by atoms with Gasteiger partial charge in [0.1, 0.15) is 11.9 Å². The fraction of sp³-hybridized carbons (Fsp3) is 0.647. The molecule has 0 aromatic rings. The second-order valence-electron chi connectivity index (χ2n) is 6.25. The molecular formula is C17H26N6O2. The van der Waals surface area contributed by atoms with Crippen molar-refractivity contribution in [3.8, 4) is 6.07 Å². The number of hydrogen-bond donors (Lipinski definition) is 1. The van der Waals surface area contributed by atoms with Crippen molar-refractivity contribution in [3.63, 3.8) is 0 Å². The molecule has 8 heteroatoms. The average molecular weight is 346 g/mol. The molecule has 2 heterocycles. The van der Waals surface area contributed by atoms with Crippen molar-refractivity contribution in [2.75, 3.05) is 32.8 Å². The van der Waals surface area contributed by atoms with Gasteiger partial charge in [-0.1, -0.05) is 6.92 Å². The van der Waals surface area contributed by atoms with E-state index in [-0.39, 0.29) is 18.9 Å². The van der Waals surface area contributed by atoms with Gasteiger partial charge < -0.3 is 15.5 Å². The summed E-state index contributed by atoms with van der Waals surface area (Å²) in [6, 6.07) is 1.58. The van der Waals surface area contributed by atoms with Gasteiger partial charge in [0.15, 0.2) is 0 Å². The van der Waals surface area contributed by atoms with Gasteiger partial charge in [-0.3, -0.25) is 14.5 Å². The molecule has 1 atom stereocenters. The molecular weight excluding hydrogens is 320 g/mol. The smallest absolute Gasteiger partial charge is 0.240 e. The van der Waals surface area contributed by atoms with Crippen LogP contribution in [0.5, 0.6) is 0 Å². The zero-order valence-electron chi connectivity index (χ0n) is 14.7. The van der Waals surface area contributed by atoms with Gasteiger partial charge in [-0.2, -0.15) is 5.26 Å². The van der Waals surface area contributed by atoms with Crippen LogP contribution in [0.2, 0.25) is 0 Å². The Morgan fingerprint density at radius 1 is 1.36 bits per heavy atom. The maximum Gasteiger partial charge on any atom is 0.240 e. The molecule has 25 heavy (non-hydrogen) atoms. The Bertz CT molecular complexity index is 594. The van der Waals surface area contributed by atoms with E-state index in [1.807, 2.05) is 24.0 Å². The van der Waals surface area contributed by atoms with Crippen LogP contribution in [0.15, 0.2) is 16.9 Å². The highest BCUT2D eigenvalue weighted by atomic mass is 16.2.